The molecular weight excluding hydrogens is 264 g/mol. The van der Waals surface area contributed by atoms with Gasteiger partial charge in [0.25, 0.3) is 5.91 Å². The van der Waals surface area contributed by atoms with Crippen LogP contribution in [-0.4, -0.2) is 44.1 Å². The van der Waals surface area contributed by atoms with E-state index in [-0.39, 0.29) is 11.9 Å². The van der Waals surface area contributed by atoms with Gasteiger partial charge in [0.1, 0.15) is 5.75 Å². The number of methoxy groups -OCH3 is 1. The summed E-state index contributed by atoms with van der Waals surface area (Å²) in [6.07, 6.45) is 2.13. The fraction of sp³-hybridized carbons (Fsp3) is 0.500. The molecule has 1 fully saturated rings. The minimum absolute atomic E-state index is 0.0257. The number of nitrogens with one attached hydrogen (secondary N) is 1. The first-order valence-corrected chi connectivity index (χ1v) is 6.82. The summed E-state index contributed by atoms with van der Waals surface area (Å²) in [6.45, 7) is 1.88. The zero-order chi connectivity index (χ0) is 13.8. The monoisotopic (exact) mass is 282 g/mol. The van der Waals surface area contributed by atoms with Crippen molar-refractivity contribution < 1.29 is 9.53 Å². The van der Waals surface area contributed by atoms with Crippen molar-refractivity contribution in [2.45, 2.75) is 18.9 Å². The predicted molar refractivity (Wildman–Crippen MR) is 76.0 cm³/mol. The Hall–Kier alpha value is -1.26. The molecule has 1 saturated heterocycles. The van der Waals surface area contributed by atoms with E-state index in [4.69, 9.17) is 16.3 Å². The third-order valence-corrected chi connectivity index (χ3v) is 3.77. The van der Waals surface area contributed by atoms with Crippen molar-refractivity contribution in [3.63, 3.8) is 0 Å². The first-order chi connectivity index (χ1) is 9.13. The Labute approximate surface area is 118 Å². The van der Waals surface area contributed by atoms with Crippen LogP contribution < -0.4 is 10.1 Å². The summed E-state index contributed by atoms with van der Waals surface area (Å²) in [7, 11) is 3.39. The van der Waals surface area contributed by atoms with Crippen LogP contribution in [0.3, 0.4) is 0 Å². The Morgan fingerprint density at radius 1 is 1.53 bits per heavy atom. The summed E-state index contributed by atoms with van der Waals surface area (Å²) in [6, 6.07) is 5.34. The molecule has 1 N–H and O–H groups in total. The first kappa shape index (κ1) is 14.2. The number of carbonyl (C=O) groups excluding carboxylic acids is 1. The normalized spacial score (nSPS) is 19.0. The Bertz CT molecular complexity index is 459. The molecule has 1 unspecified atom stereocenters. The number of piperidine rings is 1. The van der Waals surface area contributed by atoms with E-state index in [1.165, 1.54) is 0 Å². The predicted octanol–water partition coefficient (Wildman–Crippen LogP) is 2.17. The molecule has 0 aromatic heterocycles. The van der Waals surface area contributed by atoms with Gasteiger partial charge in [0.15, 0.2) is 0 Å². The van der Waals surface area contributed by atoms with Gasteiger partial charge in [0, 0.05) is 24.7 Å². The van der Waals surface area contributed by atoms with Crippen LogP contribution in [0.4, 0.5) is 0 Å². The molecule has 5 heteroatoms. The SMILES string of the molecule is COc1cc(Cl)ccc1C(=O)N(C)C1CCCNC1. The van der Waals surface area contributed by atoms with Crippen molar-refractivity contribution in [3.05, 3.63) is 28.8 Å². The summed E-state index contributed by atoms with van der Waals surface area (Å²) in [5.74, 6) is 0.496. The number of nitrogens with zero attached hydrogens (tertiary/aromatic N) is 1. The Kier molecular flexibility index (Phi) is 4.66. The van der Waals surface area contributed by atoms with Crippen LogP contribution in [0.2, 0.25) is 5.02 Å². The van der Waals surface area contributed by atoms with E-state index in [0.29, 0.717) is 16.3 Å². The lowest BCUT2D eigenvalue weighted by Gasteiger charge is -2.32. The van der Waals surface area contributed by atoms with Crippen LogP contribution in [0.25, 0.3) is 0 Å². The van der Waals surface area contributed by atoms with Gasteiger partial charge in [-0.05, 0) is 37.6 Å². The zero-order valence-corrected chi connectivity index (χ0v) is 12.0. The van der Waals surface area contributed by atoms with Gasteiger partial charge < -0.3 is 15.0 Å². The Morgan fingerprint density at radius 2 is 2.32 bits per heavy atom. The zero-order valence-electron chi connectivity index (χ0n) is 11.3. The molecule has 1 amide bonds. The minimum atomic E-state index is -0.0257. The van der Waals surface area contributed by atoms with E-state index in [1.807, 2.05) is 7.05 Å². The molecule has 19 heavy (non-hydrogen) atoms. The van der Waals surface area contributed by atoms with Crippen LogP contribution in [0.15, 0.2) is 18.2 Å². The molecule has 1 atom stereocenters. The molecule has 4 nitrogen and oxygen atoms in total. The van der Waals surface area contributed by atoms with Gasteiger partial charge in [0.05, 0.1) is 12.7 Å². The standard InChI is InChI=1S/C14H19ClN2O2/c1-17(11-4-3-7-16-9-11)14(18)12-6-5-10(15)8-13(12)19-2/h5-6,8,11,16H,3-4,7,9H2,1-2H3. The van der Waals surface area contributed by atoms with Crippen LogP contribution in [0.1, 0.15) is 23.2 Å². The van der Waals surface area contributed by atoms with Gasteiger partial charge in [-0.15, -0.1) is 0 Å². The van der Waals surface area contributed by atoms with Gasteiger partial charge in [-0.3, -0.25) is 4.79 Å². The van der Waals surface area contributed by atoms with Crippen molar-refractivity contribution >= 4 is 17.5 Å². The molecule has 0 spiro atoms. The lowest BCUT2D eigenvalue weighted by atomic mass is 10.0. The number of benzene rings is 1. The summed E-state index contributed by atoms with van der Waals surface area (Å²) < 4.78 is 5.24. The highest BCUT2D eigenvalue weighted by Crippen LogP contribution is 2.25. The molecule has 0 saturated carbocycles. The number of hydrogen-bond acceptors (Lipinski definition) is 3. The highest BCUT2D eigenvalue weighted by Gasteiger charge is 2.24. The third kappa shape index (κ3) is 3.19. The maximum Gasteiger partial charge on any atom is 0.257 e. The maximum atomic E-state index is 12.5. The molecule has 0 aliphatic carbocycles. The third-order valence-electron chi connectivity index (χ3n) is 3.53. The van der Waals surface area contributed by atoms with E-state index in [0.717, 1.165) is 25.9 Å². The fourth-order valence-electron chi connectivity index (χ4n) is 2.36. The summed E-state index contributed by atoms with van der Waals surface area (Å²) in [5, 5.41) is 3.88. The second-order valence-corrected chi connectivity index (χ2v) is 5.20. The molecule has 0 bridgehead atoms. The average Bonchev–Trinajstić information content (AvgIpc) is 2.46. The Balaban J connectivity index is 2.18. The highest BCUT2D eigenvalue weighted by atomic mass is 35.5. The van der Waals surface area contributed by atoms with Crippen LogP contribution in [0, 0.1) is 0 Å². The molecule has 1 heterocycles. The Morgan fingerprint density at radius 3 is 2.95 bits per heavy atom. The van der Waals surface area contributed by atoms with Gasteiger partial charge in [0.2, 0.25) is 0 Å². The molecule has 104 valence electrons. The minimum Gasteiger partial charge on any atom is -0.496 e. The van der Waals surface area contributed by atoms with Crippen molar-refractivity contribution in [3.8, 4) is 5.75 Å². The molecular formula is C14H19ClN2O2. The van der Waals surface area contributed by atoms with Crippen molar-refractivity contribution in [1.29, 1.82) is 0 Å². The second kappa shape index (κ2) is 6.26. The lowest BCUT2D eigenvalue weighted by Crippen LogP contribution is -2.46. The quantitative estimate of drug-likeness (QED) is 0.924. The van der Waals surface area contributed by atoms with Crippen LogP contribution in [-0.2, 0) is 0 Å². The molecule has 1 aromatic carbocycles. The van der Waals surface area contributed by atoms with Crippen LogP contribution >= 0.6 is 11.6 Å². The smallest absolute Gasteiger partial charge is 0.257 e. The van der Waals surface area contributed by atoms with E-state index >= 15 is 0 Å². The summed E-state index contributed by atoms with van der Waals surface area (Å²) in [5.41, 5.74) is 0.556. The van der Waals surface area contributed by atoms with Crippen molar-refractivity contribution in [2.75, 3.05) is 27.2 Å². The molecule has 0 radical (unpaired) electrons. The molecule has 1 aliphatic rings. The summed E-state index contributed by atoms with van der Waals surface area (Å²) >= 11 is 5.91. The summed E-state index contributed by atoms with van der Waals surface area (Å²) in [4.78, 5) is 14.3. The topological polar surface area (TPSA) is 41.6 Å². The van der Waals surface area contributed by atoms with Gasteiger partial charge in [-0.25, -0.2) is 0 Å². The largest absolute Gasteiger partial charge is 0.496 e. The number of carbonyl (C=O) groups is 1. The second-order valence-electron chi connectivity index (χ2n) is 4.76. The number of hydrogen-bond donors (Lipinski definition) is 1. The fourth-order valence-corrected chi connectivity index (χ4v) is 2.52. The first-order valence-electron chi connectivity index (χ1n) is 6.45. The average molecular weight is 283 g/mol. The highest BCUT2D eigenvalue weighted by molar-refractivity contribution is 6.30. The van der Waals surface area contributed by atoms with Crippen molar-refractivity contribution in [1.82, 2.24) is 10.2 Å². The van der Waals surface area contributed by atoms with E-state index < -0.39 is 0 Å². The molecule has 1 aromatic rings. The number of ether oxygens (including phenoxy) is 1. The van der Waals surface area contributed by atoms with Gasteiger partial charge >= 0.3 is 0 Å². The molecule has 1 aliphatic heterocycles. The van der Waals surface area contributed by atoms with Crippen LogP contribution in [0.5, 0.6) is 5.75 Å². The number of likely N-dealkylation sites (N-methyl/N-ethyl adjacent to an activating group) is 1. The molecule has 2 rings (SSSR count). The van der Waals surface area contributed by atoms with E-state index in [1.54, 1.807) is 30.2 Å². The number of halogens is 1. The van der Waals surface area contributed by atoms with E-state index in [9.17, 15) is 4.79 Å². The lowest BCUT2D eigenvalue weighted by molar-refractivity contribution is 0.0705. The maximum absolute atomic E-state index is 12.5. The van der Waals surface area contributed by atoms with Gasteiger partial charge in [-0.2, -0.15) is 0 Å². The number of rotatable bonds is 3. The van der Waals surface area contributed by atoms with Crippen molar-refractivity contribution in [2.24, 2.45) is 0 Å². The van der Waals surface area contributed by atoms with Gasteiger partial charge in [-0.1, -0.05) is 11.6 Å². The number of amides is 1. The van der Waals surface area contributed by atoms with E-state index in [2.05, 4.69) is 5.32 Å².